The molecule has 1 aliphatic carbocycles. The molecule has 2 aliphatic rings. The molecule has 1 aliphatic heterocycles. The van der Waals surface area contributed by atoms with Crippen molar-refractivity contribution in [1.29, 1.82) is 0 Å². The van der Waals surface area contributed by atoms with E-state index in [4.69, 9.17) is 11.6 Å². The van der Waals surface area contributed by atoms with Gasteiger partial charge in [-0.3, -0.25) is 9.59 Å². The third kappa shape index (κ3) is 6.72. The zero-order valence-corrected chi connectivity index (χ0v) is 20.3. The standard InChI is InChI=1S/C22H34ClN5O2S/c1-4-15(2)24-20(29)14-31-22-25-18(23)12-19(26-22)27-10-11-28(16(3)13-27)21(30)17-8-6-5-7-9-17/h12,15-17H,4-11,13-14H2,1-3H3,(H,24,29). The fourth-order valence-electron chi connectivity index (χ4n) is 4.24. The van der Waals surface area contributed by atoms with Gasteiger partial charge < -0.3 is 15.1 Å². The van der Waals surface area contributed by atoms with Gasteiger partial charge in [-0.25, -0.2) is 9.97 Å². The second-order valence-corrected chi connectivity index (χ2v) is 9.99. The number of anilines is 1. The van der Waals surface area contributed by atoms with Crippen LogP contribution < -0.4 is 10.2 Å². The van der Waals surface area contributed by atoms with Crippen molar-refractivity contribution in [2.24, 2.45) is 5.92 Å². The van der Waals surface area contributed by atoms with Crippen LogP contribution in [0.4, 0.5) is 5.82 Å². The molecule has 172 valence electrons. The molecule has 1 aromatic heterocycles. The highest BCUT2D eigenvalue weighted by molar-refractivity contribution is 7.99. The Bertz CT molecular complexity index is 774. The van der Waals surface area contributed by atoms with Gasteiger partial charge in [-0.1, -0.05) is 49.5 Å². The van der Waals surface area contributed by atoms with Crippen LogP contribution >= 0.6 is 23.4 Å². The van der Waals surface area contributed by atoms with E-state index in [1.165, 1.54) is 31.0 Å². The Hall–Kier alpha value is -1.54. The van der Waals surface area contributed by atoms with Crippen molar-refractivity contribution in [3.63, 3.8) is 0 Å². The molecular formula is C22H34ClN5O2S. The molecule has 0 spiro atoms. The summed E-state index contributed by atoms with van der Waals surface area (Å²) in [5.74, 6) is 1.48. The van der Waals surface area contributed by atoms with E-state index in [1.807, 2.05) is 18.7 Å². The third-order valence-corrected chi connectivity index (χ3v) is 7.24. The maximum Gasteiger partial charge on any atom is 0.230 e. The van der Waals surface area contributed by atoms with Crippen molar-refractivity contribution >= 4 is 41.0 Å². The number of rotatable bonds is 7. The van der Waals surface area contributed by atoms with Gasteiger partial charge in [0, 0.05) is 43.7 Å². The lowest BCUT2D eigenvalue weighted by atomic mass is 9.88. The lowest BCUT2D eigenvalue weighted by Gasteiger charge is -2.42. The van der Waals surface area contributed by atoms with Gasteiger partial charge in [0.25, 0.3) is 0 Å². The predicted molar refractivity (Wildman–Crippen MR) is 126 cm³/mol. The molecule has 1 N–H and O–H groups in total. The molecule has 2 fully saturated rings. The zero-order chi connectivity index (χ0) is 22.4. The van der Waals surface area contributed by atoms with Crippen LogP contribution in [0.1, 0.15) is 59.3 Å². The average molecular weight is 468 g/mol. The van der Waals surface area contributed by atoms with Gasteiger partial charge in [0.15, 0.2) is 5.16 Å². The molecule has 1 aromatic rings. The van der Waals surface area contributed by atoms with Crippen LogP contribution in [-0.2, 0) is 9.59 Å². The highest BCUT2D eigenvalue weighted by Crippen LogP contribution is 2.28. The minimum atomic E-state index is -0.0343. The average Bonchev–Trinajstić information content (AvgIpc) is 2.77. The summed E-state index contributed by atoms with van der Waals surface area (Å²) < 4.78 is 0. The summed E-state index contributed by atoms with van der Waals surface area (Å²) in [7, 11) is 0. The van der Waals surface area contributed by atoms with E-state index in [9.17, 15) is 9.59 Å². The minimum absolute atomic E-state index is 0.0343. The Morgan fingerprint density at radius 2 is 2.00 bits per heavy atom. The summed E-state index contributed by atoms with van der Waals surface area (Å²) in [5.41, 5.74) is 0. The molecule has 0 radical (unpaired) electrons. The largest absolute Gasteiger partial charge is 0.353 e. The molecule has 0 aromatic carbocycles. The molecule has 2 atom stereocenters. The monoisotopic (exact) mass is 467 g/mol. The van der Waals surface area contributed by atoms with E-state index in [2.05, 4.69) is 27.1 Å². The molecule has 31 heavy (non-hydrogen) atoms. The normalized spacial score (nSPS) is 21.1. The number of hydrogen-bond donors (Lipinski definition) is 1. The van der Waals surface area contributed by atoms with Gasteiger partial charge >= 0.3 is 0 Å². The summed E-state index contributed by atoms with van der Waals surface area (Å²) >= 11 is 7.54. The molecule has 7 nitrogen and oxygen atoms in total. The van der Waals surface area contributed by atoms with Crippen molar-refractivity contribution in [2.45, 2.75) is 76.5 Å². The summed E-state index contributed by atoms with van der Waals surface area (Å²) in [4.78, 5) is 38.2. The van der Waals surface area contributed by atoms with Crippen molar-refractivity contribution in [2.75, 3.05) is 30.3 Å². The van der Waals surface area contributed by atoms with Gasteiger partial charge in [0.2, 0.25) is 11.8 Å². The molecule has 3 rings (SSSR count). The van der Waals surface area contributed by atoms with Crippen LogP contribution in [0.5, 0.6) is 0 Å². The number of carbonyl (C=O) groups is 2. The van der Waals surface area contributed by atoms with Crippen molar-refractivity contribution in [3.8, 4) is 0 Å². The SMILES string of the molecule is CCC(C)NC(=O)CSc1nc(Cl)cc(N2CCN(C(=O)C3CCCCC3)C(C)C2)n1. The highest BCUT2D eigenvalue weighted by atomic mass is 35.5. The van der Waals surface area contributed by atoms with Crippen LogP contribution in [0, 0.1) is 5.92 Å². The first-order valence-electron chi connectivity index (χ1n) is 11.4. The quantitative estimate of drug-likeness (QED) is 0.373. The smallest absolute Gasteiger partial charge is 0.230 e. The topological polar surface area (TPSA) is 78.4 Å². The van der Waals surface area contributed by atoms with Gasteiger partial charge in [-0.2, -0.15) is 0 Å². The maximum absolute atomic E-state index is 13.0. The van der Waals surface area contributed by atoms with Gasteiger partial charge in [-0.15, -0.1) is 0 Å². The van der Waals surface area contributed by atoms with Crippen LogP contribution in [0.3, 0.4) is 0 Å². The van der Waals surface area contributed by atoms with E-state index >= 15 is 0 Å². The molecule has 1 saturated heterocycles. The number of nitrogens with zero attached hydrogens (tertiary/aromatic N) is 4. The second kappa shape index (κ2) is 11.4. The molecule has 2 amide bonds. The Balaban J connectivity index is 1.59. The molecule has 2 unspecified atom stereocenters. The molecule has 2 heterocycles. The number of amides is 2. The van der Waals surface area contributed by atoms with Crippen LogP contribution in [0.25, 0.3) is 0 Å². The van der Waals surface area contributed by atoms with Crippen molar-refractivity contribution in [1.82, 2.24) is 20.2 Å². The number of carbonyl (C=O) groups excluding carboxylic acids is 2. The first-order chi connectivity index (χ1) is 14.9. The van der Waals surface area contributed by atoms with E-state index in [-0.39, 0.29) is 29.7 Å². The van der Waals surface area contributed by atoms with Gasteiger partial charge in [-0.05, 0) is 33.1 Å². The van der Waals surface area contributed by atoms with Crippen molar-refractivity contribution < 1.29 is 9.59 Å². The summed E-state index contributed by atoms with van der Waals surface area (Å²) in [6, 6.07) is 2.03. The summed E-state index contributed by atoms with van der Waals surface area (Å²) in [5, 5.41) is 3.80. The predicted octanol–water partition coefficient (Wildman–Crippen LogP) is 3.75. The van der Waals surface area contributed by atoms with E-state index < -0.39 is 0 Å². The van der Waals surface area contributed by atoms with E-state index in [0.717, 1.165) is 31.6 Å². The molecule has 1 saturated carbocycles. The first-order valence-corrected chi connectivity index (χ1v) is 12.8. The second-order valence-electron chi connectivity index (χ2n) is 8.66. The number of nitrogens with one attached hydrogen (secondary N) is 1. The number of aromatic nitrogens is 2. The van der Waals surface area contributed by atoms with E-state index in [1.54, 1.807) is 6.07 Å². The van der Waals surface area contributed by atoms with Crippen molar-refractivity contribution in [3.05, 3.63) is 11.2 Å². The molecular weight excluding hydrogens is 434 g/mol. The Morgan fingerprint density at radius 3 is 2.68 bits per heavy atom. The van der Waals surface area contributed by atoms with Crippen LogP contribution in [0.15, 0.2) is 11.2 Å². The summed E-state index contributed by atoms with van der Waals surface area (Å²) in [6.45, 7) is 8.24. The highest BCUT2D eigenvalue weighted by Gasteiger charge is 2.33. The molecule has 0 bridgehead atoms. The third-order valence-electron chi connectivity index (χ3n) is 6.20. The Labute approximate surface area is 194 Å². The first kappa shape index (κ1) is 24.1. The number of piperazine rings is 1. The summed E-state index contributed by atoms with van der Waals surface area (Å²) in [6.07, 6.45) is 6.53. The minimum Gasteiger partial charge on any atom is -0.353 e. The number of hydrogen-bond acceptors (Lipinski definition) is 6. The van der Waals surface area contributed by atoms with Gasteiger partial charge in [0.1, 0.15) is 11.0 Å². The lowest BCUT2D eigenvalue weighted by molar-refractivity contribution is -0.139. The van der Waals surface area contributed by atoms with Crippen LogP contribution in [-0.4, -0.2) is 64.2 Å². The maximum atomic E-state index is 13.0. The van der Waals surface area contributed by atoms with Crippen LogP contribution in [0.2, 0.25) is 5.15 Å². The molecule has 9 heteroatoms. The van der Waals surface area contributed by atoms with E-state index in [0.29, 0.717) is 29.3 Å². The number of halogens is 1. The Morgan fingerprint density at radius 1 is 1.26 bits per heavy atom. The fraction of sp³-hybridized carbons (Fsp3) is 0.727. The Kier molecular flexibility index (Phi) is 8.84. The lowest BCUT2D eigenvalue weighted by Crippen LogP contribution is -2.55. The number of thioether (sulfide) groups is 1. The zero-order valence-electron chi connectivity index (χ0n) is 18.8. The fourth-order valence-corrected chi connectivity index (χ4v) is 5.13. The van der Waals surface area contributed by atoms with Gasteiger partial charge in [0.05, 0.1) is 5.75 Å².